The summed E-state index contributed by atoms with van der Waals surface area (Å²) in [7, 11) is 0. The summed E-state index contributed by atoms with van der Waals surface area (Å²) in [5.41, 5.74) is 4.90. The Balaban J connectivity index is 1.43. The molecule has 200 valence electrons. The number of halogens is 1. The molecular weight excluding hydrogens is 510 g/mol. The lowest BCUT2D eigenvalue weighted by Gasteiger charge is -2.22. The molecule has 0 saturated carbocycles. The second kappa shape index (κ2) is 12.8. The predicted octanol–water partition coefficient (Wildman–Crippen LogP) is 6.35. The molecule has 7 heteroatoms. The molecule has 1 heterocycles. The second-order valence-corrected chi connectivity index (χ2v) is 10.2. The van der Waals surface area contributed by atoms with E-state index in [4.69, 9.17) is 21.3 Å². The number of nitrogens with one attached hydrogen (secondary N) is 2. The Morgan fingerprint density at radius 3 is 2.41 bits per heavy atom. The smallest absolute Gasteiger partial charge is 0.253 e. The van der Waals surface area contributed by atoms with Crippen molar-refractivity contribution in [3.8, 4) is 17.4 Å². The molecule has 6 nitrogen and oxygen atoms in total. The summed E-state index contributed by atoms with van der Waals surface area (Å²) in [5, 5.41) is 26.0. The number of hydrogen-bond donors (Lipinski definition) is 3. The van der Waals surface area contributed by atoms with Gasteiger partial charge in [-0.15, -0.1) is 0 Å². The highest BCUT2D eigenvalue weighted by molar-refractivity contribution is 6.34. The first-order valence-electron chi connectivity index (χ1n) is 12.9. The van der Waals surface area contributed by atoms with Crippen LogP contribution in [0.2, 0.25) is 5.02 Å². The maximum absolute atomic E-state index is 13.2. The van der Waals surface area contributed by atoms with E-state index in [1.54, 1.807) is 31.2 Å². The van der Waals surface area contributed by atoms with Crippen molar-refractivity contribution < 1.29 is 14.3 Å². The zero-order valence-electron chi connectivity index (χ0n) is 22.2. The lowest BCUT2D eigenvalue weighted by atomic mass is 10.00. The van der Waals surface area contributed by atoms with E-state index in [-0.39, 0.29) is 11.9 Å². The van der Waals surface area contributed by atoms with Gasteiger partial charge in [-0.2, -0.15) is 5.26 Å². The maximum Gasteiger partial charge on any atom is 0.253 e. The number of aliphatic hydroxyl groups is 1. The number of amides is 1. The van der Waals surface area contributed by atoms with Crippen LogP contribution >= 0.6 is 11.6 Å². The lowest BCUT2D eigenvalue weighted by Crippen LogP contribution is -2.43. The van der Waals surface area contributed by atoms with Gasteiger partial charge in [0.15, 0.2) is 0 Å². The van der Waals surface area contributed by atoms with Crippen molar-refractivity contribution in [3.63, 3.8) is 0 Å². The van der Waals surface area contributed by atoms with E-state index in [1.807, 2.05) is 30.3 Å². The Labute approximate surface area is 234 Å². The van der Waals surface area contributed by atoms with Gasteiger partial charge < -0.3 is 20.2 Å². The Kier molecular flexibility index (Phi) is 9.21. The zero-order valence-corrected chi connectivity index (χ0v) is 23.0. The van der Waals surface area contributed by atoms with Gasteiger partial charge in [0.25, 0.3) is 5.91 Å². The molecule has 0 radical (unpaired) electrons. The molecule has 4 rings (SSSR count). The van der Waals surface area contributed by atoms with Crippen molar-refractivity contribution >= 4 is 17.5 Å². The number of rotatable bonds is 10. The molecule has 1 amide bonds. The highest BCUT2D eigenvalue weighted by Crippen LogP contribution is 2.27. The fourth-order valence-electron chi connectivity index (χ4n) is 4.26. The van der Waals surface area contributed by atoms with Crippen molar-refractivity contribution in [1.29, 1.82) is 5.26 Å². The minimum Gasteiger partial charge on any atom is -0.460 e. The van der Waals surface area contributed by atoms with Crippen molar-refractivity contribution in [2.45, 2.75) is 51.9 Å². The topological polar surface area (TPSA) is 98.3 Å². The fourth-order valence-corrected chi connectivity index (χ4v) is 4.47. The van der Waals surface area contributed by atoms with Crippen molar-refractivity contribution in [2.24, 2.45) is 0 Å². The number of nitrogens with zero attached hydrogens (tertiary/aromatic N) is 1. The van der Waals surface area contributed by atoms with Gasteiger partial charge in [0, 0.05) is 11.6 Å². The Hall–Kier alpha value is -3.89. The van der Waals surface area contributed by atoms with Gasteiger partial charge >= 0.3 is 0 Å². The van der Waals surface area contributed by atoms with E-state index in [1.165, 1.54) is 11.1 Å². The molecule has 0 fully saturated rings. The van der Waals surface area contributed by atoms with E-state index < -0.39 is 12.1 Å². The maximum atomic E-state index is 13.2. The number of benzene rings is 3. The van der Waals surface area contributed by atoms with Crippen LogP contribution in [0.15, 0.2) is 83.3 Å². The van der Waals surface area contributed by atoms with Crippen molar-refractivity contribution in [2.75, 3.05) is 0 Å². The fraction of sp³-hybridized carbons (Fsp3) is 0.250. The summed E-state index contributed by atoms with van der Waals surface area (Å²) in [6.45, 7) is 6.37. The largest absolute Gasteiger partial charge is 0.460 e. The van der Waals surface area contributed by atoms with E-state index in [0.29, 0.717) is 34.9 Å². The molecule has 0 spiro atoms. The van der Waals surface area contributed by atoms with Crippen LogP contribution in [0.1, 0.15) is 58.3 Å². The first-order chi connectivity index (χ1) is 18.7. The Morgan fingerprint density at radius 1 is 1.03 bits per heavy atom. The summed E-state index contributed by atoms with van der Waals surface area (Å²) in [6.07, 6.45) is -0.392. The van der Waals surface area contributed by atoms with Gasteiger partial charge in [-0.25, -0.2) is 0 Å². The molecule has 0 aliphatic heterocycles. The molecule has 0 aliphatic rings. The normalized spacial score (nSPS) is 13.3. The van der Waals surface area contributed by atoms with Gasteiger partial charge in [0.1, 0.15) is 11.5 Å². The third-order valence-electron chi connectivity index (χ3n) is 6.75. The van der Waals surface area contributed by atoms with Crippen LogP contribution in [0.5, 0.6) is 0 Å². The Morgan fingerprint density at radius 2 is 1.74 bits per heavy atom. The van der Waals surface area contributed by atoms with Gasteiger partial charge in [0.2, 0.25) is 0 Å². The summed E-state index contributed by atoms with van der Waals surface area (Å²) >= 11 is 6.40. The van der Waals surface area contributed by atoms with Gasteiger partial charge in [0.05, 0.1) is 40.9 Å². The molecule has 39 heavy (non-hydrogen) atoms. The van der Waals surface area contributed by atoms with Crippen LogP contribution in [0.25, 0.3) is 11.3 Å². The van der Waals surface area contributed by atoms with E-state index in [0.717, 1.165) is 16.9 Å². The molecule has 0 aliphatic carbocycles. The standard InChI is InChI=1S/C32H32ClN3O3/c1-20-4-10-25(11-5-20)21(2)35-19-27-13-15-31(39-27)26-12-14-29(33)28(17-26)32(38)36-30(22(3)37)16-23-6-8-24(18-34)9-7-23/h4-15,17,21-22,30,35,37H,16,19H2,1-3H3,(H,36,38)/t21-,22-,30-/m1/s1. The average Bonchev–Trinajstić information content (AvgIpc) is 3.41. The monoisotopic (exact) mass is 541 g/mol. The number of nitriles is 1. The number of aryl methyl sites for hydroxylation is 1. The quantitative estimate of drug-likeness (QED) is 0.217. The molecular formula is C32H32ClN3O3. The molecule has 4 aromatic rings. The molecule has 3 N–H and O–H groups in total. The molecule has 3 atom stereocenters. The molecule has 0 unspecified atom stereocenters. The molecule has 0 bridgehead atoms. The summed E-state index contributed by atoms with van der Waals surface area (Å²) < 4.78 is 6.07. The van der Waals surface area contributed by atoms with Gasteiger partial charge in [-0.3, -0.25) is 4.79 Å². The highest BCUT2D eigenvalue weighted by Gasteiger charge is 2.21. The van der Waals surface area contributed by atoms with Crippen LogP contribution in [0, 0.1) is 18.3 Å². The number of hydrogen-bond acceptors (Lipinski definition) is 5. The van der Waals surface area contributed by atoms with Crippen molar-refractivity contribution in [3.05, 3.63) is 117 Å². The molecule has 3 aromatic carbocycles. The highest BCUT2D eigenvalue weighted by atomic mass is 35.5. The van der Waals surface area contributed by atoms with Crippen LogP contribution in [-0.4, -0.2) is 23.2 Å². The third kappa shape index (κ3) is 7.36. The lowest BCUT2D eigenvalue weighted by molar-refractivity contribution is 0.0859. The summed E-state index contributed by atoms with van der Waals surface area (Å²) in [5.74, 6) is 1.02. The minimum atomic E-state index is -0.797. The van der Waals surface area contributed by atoms with E-state index in [9.17, 15) is 9.90 Å². The van der Waals surface area contributed by atoms with Crippen LogP contribution in [0.3, 0.4) is 0 Å². The number of furan rings is 1. The molecule has 1 aromatic heterocycles. The third-order valence-corrected chi connectivity index (χ3v) is 7.08. The minimum absolute atomic E-state index is 0.163. The average molecular weight is 542 g/mol. The zero-order chi connectivity index (χ0) is 27.9. The van der Waals surface area contributed by atoms with E-state index in [2.05, 4.69) is 54.8 Å². The number of aliphatic hydroxyl groups excluding tert-OH is 1. The van der Waals surface area contributed by atoms with E-state index >= 15 is 0 Å². The number of carbonyl (C=O) groups excluding carboxylic acids is 1. The second-order valence-electron chi connectivity index (χ2n) is 9.81. The van der Waals surface area contributed by atoms with Crippen molar-refractivity contribution in [1.82, 2.24) is 10.6 Å². The Bertz CT molecular complexity index is 1450. The first-order valence-corrected chi connectivity index (χ1v) is 13.3. The van der Waals surface area contributed by atoms with Gasteiger partial charge in [-0.05, 0) is 80.8 Å². The molecule has 0 saturated heterocycles. The summed E-state index contributed by atoms with van der Waals surface area (Å²) in [4.78, 5) is 13.2. The SMILES string of the molecule is Cc1ccc([C@@H](C)NCc2ccc(-c3ccc(Cl)c(C(=O)N[C@H](Cc4ccc(C#N)cc4)[C@@H](C)O)c3)o2)cc1. The first kappa shape index (κ1) is 28.1. The predicted molar refractivity (Wildman–Crippen MR) is 153 cm³/mol. The number of carbonyl (C=O) groups is 1. The van der Waals surface area contributed by atoms with Crippen LogP contribution in [-0.2, 0) is 13.0 Å². The summed E-state index contributed by atoms with van der Waals surface area (Å²) in [6, 6.07) is 26.2. The van der Waals surface area contributed by atoms with Gasteiger partial charge in [-0.1, -0.05) is 53.6 Å². The van der Waals surface area contributed by atoms with Crippen LogP contribution < -0.4 is 10.6 Å². The van der Waals surface area contributed by atoms with Crippen LogP contribution in [0.4, 0.5) is 0 Å².